The first-order valence-electron chi connectivity index (χ1n) is 6.49. The van der Waals surface area contributed by atoms with Crippen LogP contribution in [0.5, 0.6) is 0 Å². The van der Waals surface area contributed by atoms with E-state index in [4.69, 9.17) is 0 Å². The van der Waals surface area contributed by atoms with Gasteiger partial charge in [-0.2, -0.15) is 0 Å². The summed E-state index contributed by atoms with van der Waals surface area (Å²) in [5.74, 6) is -1.73. The largest absolute Gasteiger partial charge is 0.354 e. The van der Waals surface area contributed by atoms with Crippen molar-refractivity contribution in [1.29, 1.82) is 0 Å². The average Bonchev–Trinajstić information content (AvgIpc) is 2.78. The highest BCUT2D eigenvalue weighted by molar-refractivity contribution is 5.83. The van der Waals surface area contributed by atoms with Crippen molar-refractivity contribution in [3.8, 4) is 0 Å². The van der Waals surface area contributed by atoms with Crippen molar-refractivity contribution in [3.63, 3.8) is 0 Å². The second kappa shape index (κ2) is 5.56. The van der Waals surface area contributed by atoms with Gasteiger partial charge in [-0.1, -0.05) is 13.8 Å². The number of hydrogen-bond donors (Lipinski definition) is 1. The fourth-order valence-corrected chi connectivity index (χ4v) is 1.91. The number of aromatic nitrogens is 2. The standard InChI is InChI=1S/C14H17F2N3O/c1-8(2)6-17-14(20)9(3)19-7-18-12-4-10(15)11(16)5-13(12)19/h4-5,7-9H,6H2,1-3H3,(H,17,20). The van der Waals surface area contributed by atoms with Crippen LogP contribution < -0.4 is 5.32 Å². The molecule has 0 bridgehead atoms. The van der Waals surface area contributed by atoms with Gasteiger partial charge >= 0.3 is 0 Å². The van der Waals surface area contributed by atoms with Gasteiger partial charge in [-0.3, -0.25) is 4.79 Å². The van der Waals surface area contributed by atoms with Crippen molar-refractivity contribution < 1.29 is 13.6 Å². The predicted molar refractivity (Wildman–Crippen MR) is 72.2 cm³/mol. The Morgan fingerprint density at radius 2 is 1.95 bits per heavy atom. The van der Waals surface area contributed by atoms with Crippen LogP contribution >= 0.6 is 0 Å². The lowest BCUT2D eigenvalue weighted by Crippen LogP contribution is -2.33. The molecule has 0 aliphatic rings. The highest BCUT2D eigenvalue weighted by atomic mass is 19.2. The van der Waals surface area contributed by atoms with E-state index in [1.807, 2.05) is 13.8 Å². The summed E-state index contributed by atoms with van der Waals surface area (Å²) >= 11 is 0. The van der Waals surface area contributed by atoms with E-state index in [2.05, 4.69) is 10.3 Å². The van der Waals surface area contributed by atoms with Crippen LogP contribution in [0.2, 0.25) is 0 Å². The average molecular weight is 281 g/mol. The smallest absolute Gasteiger partial charge is 0.242 e. The van der Waals surface area contributed by atoms with Crippen LogP contribution in [0.25, 0.3) is 11.0 Å². The molecule has 0 saturated carbocycles. The molecule has 1 amide bonds. The molecule has 108 valence electrons. The predicted octanol–water partition coefficient (Wildman–Crippen LogP) is 2.65. The third-order valence-corrected chi connectivity index (χ3v) is 3.10. The van der Waals surface area contributed by atoms with Gasteiger partial charge in [0.1, 0.15) is 6.04 Å². The van der Waals surface area contributed by atoms with Crippen LogP contribution in [0.3, 0.4) is 0 Å². The maximum Gasteiger partial charge on any atom is 0.242 e. The zero-order valence-electron chi connectivity index (χ0n) is 11.7. The van der Waals surface area contributed by atoms with Crippen molar-refractivity contribution in [1.82, 2.24) is 14.9 Å². The molecule has 0 radical (unpaired) electrons. The molecule has 20 heavy (non-hydrogen) atoms. The normalized spacial score (nSPS) is 12.9. The molecule has 0 fully saturated rings. The van der Waals surface area contributed by atoms with Crippen molar-refractivity contribution in [2.24, 2.45) is 5.92 Å². The Morgan fingerprint density at radius 1 is 1.30 bits per heavy atom. The van der Waals surface area contributed by atoms with Gasteiger partial charge in [0.05, 0.1) is 17.4 Å². The van der Waals surface area contributed by atoms with Crippen LogP contribution in [0.4, 0.5) is 8.78 Å². The Labute approximate surface area is 115 Å². The molecule has 0 saturated heterocycles. The minimum atomic E-state index is -0.950. The third kappa shape index (κ3) is 2.79. The van der Waals surface area contributed by atoms with Crippen molar-refractivity contribution in [3.05, 3.63) is 30.1 Å². The molecule has 1 N–H and O–H groups in total. The maximum atomic E-state index is 13.3. The number of hydrogen-bond acceptors (Lipinski definition) is 2. The monoisotopic (exact) mass is 281 g/mol. The number of rotatable bonds is 4. The summed E-state index contributed by atoms with van der Waals surface area (Å²) in [5, 5.41) is 2.81. The van der Waals surface area contributed by atoms with E-state index in [1.54, 1.807) is 6.92 Å². The molecule has 2 rings (SSSR count). The Bertz CT molecular complexity index is 637. The number of nitrogens with one attached hydrogen (secondary N) is 1. The number of amides is 1. The summed E-state index contributed by atoms with van der Waals surface area (Å²) in [5.41, 5.74) is 0.725. The van der Waals surface area contributed by atoms with E-state index < -0.39 is 17.7 Å². The molecular weight excluding hydrogens is 264 g/mol. The van der Waals surface area contributed by atoms with Gasteiger partial charge in [0.2, 0.25) is 5.91 Å². The maximum absolute atomic E-state index is 13.3. The Morgan fingerprint density at radius 3 is 2.60 bits per heavy atom. The molecule has 2 aromatic rings. The molecule has 0 aliphatic carbocycles. The van der Waals surface area contributed by atoms with Crippen molar-refractivity contribution in [2.75, 3.05) is 6.54 Å². The van der Waals surface area contributed by atoms with E-state index in [0.717, 1.165) is 12.1 Å². The van der Waals surface area contributed by atoms with Crippen molar-refractivity contribution in [2.45, 2.75) is 26.8 Å². The zero-order valence-corrected chi connectivity index (χ0v) is 11.7. The molecule has 1 aromatic heterocycles. The highest BCUT2D eigenvalue weighted by Gasteiger charge is 2.18. The summed E-state index contributed by atoms with van der Waals surface area (Å²) in [7, 11) is 0. The molecule has 1 aromatic carbocycles. The number of nitrogens with zero attached hydrogens (tertiary/aromatic N) is 2. The minimum Gasteiger partial charge on any atom is -0.354 e. The molecule has 6 heteroatoms. The lowest BCUT2D eigenvalue weighted by atomic mass is 10.2. The number of halogens is 2. The van der Waals surface area contributed by atoms with Crippen LogP contribution in [-0.2, 0) is 4.79 Å². The molecule has 0 spiro atoms. The number of fused-ring (bicyclic) bond motifs is 1. The minimum absolute atomic E-state index is 0.178. The molecule has 1 heterocycles. The van der Waals surface area contributed by atoms with Crippen LogP contribution in [0.1, 0.15) is 26.8 Å². The highest BCUT2D eigenvalue weighted by Crippen LogP contribution is 2.21. The van der Waals surface area contributed by atoms with E-state index in [9.17, 15) is 13.6 Å². The van der Waals surface area contributed by atoms with E-state index in [-0.39, 0.29) is 5.91 Å². The van der Waals surface area contributed by atoms with Gasteiger partial charge in [0, 0.05) is 18.7 Å². The Kier molecular flexibility index (Phi) is 4.01. The van der Waals surface area contributed by atoms with Crippen LogP contribution in [0, 0.1) is 17.6 Å². The summed E-state index contributed by atoms with van der Waals surface area (Å²) in [6.45, 7) is 6.25. The van der Waals surface area contributed by atoms with Crippen LogP contribution in [-0.4, -0.2) is 22.0 Å². The van der Waals surface area contributed by atoms with E-state index >= 15 is 0 Å². The first-order chi connectivity index (χ1) is 9.40. The summed E-state index contributed by atoms with van der Waals surface area (Å²) in [4.78, 5) is 16.0. The molecular formula is C14H17F2N3O. The summed E-state index contributed by atoms with van der Waals surface area (Å²) in [6.07, 6.45) is 1.42. The van der Waals surface area contributed by atoms with Gasteiger partial charge in [-0.15, -0.1) is 0 Å². The van der Waals surface area contributed by atoms with E-state index in [0.29, 0.717) is 23.5 Å². The number of imidazole rings is 1. The number of carbonyl (C=O) groups is 1. The first kappa shape index (κ1) is 14.4. The Balaban J connectivity index is 2.28. The van der Waals surface area contributed by atoms with Gasteiger partial charge in [0.15, 0.2) is 11.6 Å². The fraction of sp³-hybridized carbons (Fsp3) is 0.429. The molecule has 0 aliphatic heterocycles. The van der Waals surface area contributed by atoms with E-state index in [1.165, 1.54) is 10.9 Å². The third-order valence-electron chi connectivity index (χ3n) is 3.10. The van der Waals surface area contributed by atoms with Crippen molar-refractivity contribution >= 4 is 16.9 Å². The topological polar surface area (TPSA) is 46.9 Å². The quantitative estimate of drug-likeness (QED) is 0.936. The Hall–Kier alpha value is -1.98. The second-order valence-electron chi connectivity index (χ2n) is 5.22. The first-order valence-corrected chi connectivity index (χ1v) is 6.49. The zero-order chi connectivity index (χ0) is 14.9. The summed E-state index contributed by atoms with van der Waals surface area (Å²) in [6, 6.07) is 1.55. The summed E-state index contributed by atoms with van der Waals surface area (Å²) < 4.78 is 28.0. The fourth-order valence-electron chi connectivity index (χ4n) is 1.91. The van der Waals surface area contributed by atoms with Gasteiger partial charge < -0.3 is 9.88 Å². The molecule has 1 unspecified atom stereocenters. The lowest BCUT2D eigenvalue weighted by Gasteiger charge is -2.15. The van der Waals surface area contributed by atoms with Gasteiger partial charge in [-0.05, 0) is 12.8 Å². The number of benzene rings is 1. The second-order valence-corrected chi connectivity index (χ2v) is 5.22. The SMILES string of the molecule is CC(C)CNC(=O)C(C)n1cnc2cc(F)c(F)cc21. The van der Waals surface area contributed by atoms with Gasteiger partial charge in [0.25, 0.3) is 0 Å². The lowest BCUT2D eigenvalue weighted by molar-refractivity contribution is -0.123. The molecule has 1 atom stereocenters. The van der Waals surface area contributed by atoms with Gasteiger partial charge in [-0.25, -0.2) is 13.8 Å². The number of carbonyl (C=O) groups excluding carboxylic acids is 1. The van der Waals surface area contributed by atoms with Crippen LogP contribution in [0.15, 0.2) is 18.5 Å². The molecule has 4 nitrogen and oxygen atoms in total.